The van der Waals surface area contributed by atoms with E-state index in [4.69, 9.17) is 11.6 Å². The Bertz CT molecular complexity index is 389. The van der Waals surface area contributed by atoms with E-state index in [9.17, 15) is 14.7 Å². The summed E-state index contributed by atoms with van der Waals surface area (Å²) in [5, 5.41) is 9.51. The van der Waals surface area contributed by atoms with Gasteiger partial charge in [-0.05, 0) is 23.8 Å². The van der Waals surface area contributed by atoms with Gasteiger partial charge in [0.25, 0.3) is 0 Å². The van der Waals surface area contributed by atoms with Crippen molar-refractivity contribution in [1.29, 1.82) is 0 Å². The molecule has 0 bridgehead atoms. The van der Waals surface area contributed by atoms with E-state index in [1.807, 2.05) is 0 Å². The van der Waals surface area contributed by atoms with Gasteiger partial charge in [-0.15, -0.1) is 0 Å². The van der Waals surface area contributed by atoms with Gasteiger partial charge in [-0.3, -0.25) is 0 Å². The highest BCUT2D eigenvalue weighted by Gasteiger charge is 2.12. The zero-order chi connectivity index (χ0) is 11.4. The van der Waals surface area contributed by atoms with Gasteiger partial charge < -0.3 is 14.6 Å². The Labute approximate surface area is 91.4 Å². The van der Waals surface area contributed by atoms with E-state index in [1.54, 1.807) is 0 Å². The first-order chi connectivity index (χ1) is 7.08. The summed E-state index contributed by atoms with van der Waals surface area (Å²) in [5.74, 6) is -0.572. The summed E-state index contributed by atoms with van der Waals surface area (Å²) in [6.07, 6.45) is -0.931. The lowest BCUT2D eigenvalue weighted by Crippen LogP contribution is -2.05. The van der Waals surface area contributed by atoms with Gasteiger partial charge in [0.15, 0.2) is 6.29 Å². The van der Waals surface area contributed by atoms with Crippen LogP contribution in [0.5, 0.6) is 0 Å². The first kappa shape index (κ1) is 11.7. The quantitative estimate of drug-likeness (QED) is 0.627. The Kier molecular flexibility index (Phi) is 3.82. The van der Waals surface area contributed by atoms with Gasteiger partial charge in [0.1, 0.15) is 6.10 Å². The van der Waals surface area contributed by atoms with E-state index in [0.717, 1.165) is 0 Å². The average Bonchev–Trinajstić information content (AvgIpc) is 2.26. The molecule has 0 fully saturated rings. The van der Waals surface area contributed by atoms with Crippen LogP contribution in [0, 0.1) is 0 Å². The summed E-state index contributed by atoms with van der Waals surface area (Å²) in [7, 11) is 1.24. The Morgan fingerprint density at radius 2 is 2.20 bits per heavy atom. The molecule has 0 aliphatic carbocycles. The van der Waals surface area contributed by atoms with Crippen LogP contribution in [0.15, 0.2) is 18.2 Å². The molecule has 1 unspecified atom stereocenters. The van der Waals surface area contributed by atoms with Crippen LogP contribution in [0.25, 0.3) is 0 Å². The van der Waals surface area contributed by atoms with Gasteiger partial charge >= 0.3 is 5.97 Å². The molecule has 1 atom stereocenters. The fourth-order valence-electron chi connectivity index (χ4n) is 1.10. The molecule has 0 aliphatic heterocycles. The molecule has 1 aromatic rings. The molecule has 0 saturated heterocycles. The van der Waals surface area contributed by atoms with Crippen molar-refractivity contribution in [3.63, 3.8) is 0 Å². The largest absolute Gasteiger partial charge is 0.465 e. The normalized spacial score (nSPS) is 11.9. The lowest BCUT2D eigenvalue weighted by Gasteiger charge is -2.06. The van der Waals surface area contributed by atoms with Gasteiger partial charge in [-0.25, -0.2) is 4.79 Å². The number of ether oxygens (including phenoxy) is 1. The van der Waals surface area contributed by atoms with Gasteiger partial charge in [0, 0.05) is 5.02 Å². The molecule has 4 nitrogen and oxygen atoms in total. The molecule has 0 radical (unpaired) electrons. The lowest BCUT2D eigenvalue weighted by molar-refractivity contribution is -0.115. The molecule has 0 spiro atoms. The molecular weight excluding hydrogens is 220 g/mol. The van der Waals surface area contributed by atoms with Crippen molar-refractivity contribution in [1.82, 2.24) is 0 Å². The van der Waals surface area contributed by atoms with Gasteiger partial charge in [0.2, 0.25) is 0 Å². The minimum atomic E-state index is -1.29. The highest BCUT2D eigenvalue weighted by Crippen LogP contribution is 2.20. The summed E-state index contributed by atoms with van der Waals surface area (Å²) < 4.78 is 4.49. The van der Waals surface area contributed by atoms with Crippen LogP contribution in [-0.2, 0) is 9.53 Å². The van der Waals surface area contributed by atoms with Crippen molar-refractivity contribution in [2.24, 2.45) is 0 Å². The number of hydrogen-bond donors (Lipinski definition) is 1. The number of esters is 1. The second-order valence-corrected chi connectivity index (χ2v) is 3.28. The highest BCUT2D eigenvalue weighted by atomic mass is 35.5. The van der Waals surface area contributed by atoms with Crippen LogP contribution in [0.1, 0.15) is 22.0 Å². The number of aliphatic hydroxyl groups is 1. The van der Waals surface area contributed by atoms with E-state index < -0.39 is 12.1 Å². The van der Waals surface area contributed by atoms with E-state index in [0.29, 0.717) is 6.29 Å². The second-order valence-electron chi connectivity index (χ2n) is 2.85. The summed E-state index contributed by atoms with van der Waals surface area (Å²) in [4.78, 5) is 21.5. The Morgan fingerprint density at radius 1 is 1.53 bits per heavy atom. The minimum absolute atomic E-state index is 0.195. The molecule has 1 aromatic carbocycles. The summed E-state index contributed by atoms with van der Waals surface area (Å²) in [6, 6.07) is 4.16. The Hall–Kier alpha value is -1.39. The third kappa shape index (κ3) is 2.78. The van der Waals surface area contributed by atoms with E-state index in [1.165, 1.54) is 25.3 Å². The van der Waals surface area contributed by atoms with Crippen molar-refractivity contribution in [3.05, 3.63) is 34.3 Å². The van der Waals surface area contributed by atoms with Crippen molar-refractivity contribution in [2.75, 3.05) is 7.11 Å². The van der Waals surface area contributed by atoms with Gasteiger partial charge in [-0.1, -0.05) is 11.6 Å². The first-order valence-corrected chi connectivity index (χ1v) is 4.48. The number of methoxy groups -OCH3 is 1. The summed E-state index contributed by atoms with van der Waals surface area (Å²) in [5.41, 5.74) is 0.457. The molecule has 0 saturated carbocycles. The third-order valence-electron chi connectivity index (χ3n) is 1.81. The Morgan fingerprint density at radius 3 is 2.73 bits per heavy atom. The third-order valence-corrected chi connectivity index (χ3v) is 2.03. The second kappa shape index (κ2) is 4.91. The zero-order valence-electron chi connectivity index (χ0n) is 7.94. The van der Waals surface area contributed by atoms with Crippen molar-refractivity contribution in [3.8, 4) is 0 Å². The number of halogens is 1. The van der Waals surface area contributed by atoms with Gasteiger partial charge in [0.05, 0.1) is 12.7 Å². The highest BCUT2D eigenvalue weighted by molar-refractivity contribution is 6.31. The maximum atomic E-state index is 11.2. The monoisotopic (exact) mass is 228 g/mol. The predicted octanol–water partition coefficient (Wildman–Crippen LogP) is 1.36. The molecule has 15 heavy (non-hydrogen) atoms. The molecule has 0 heterocycles. The summed E-state index contributed by atoms with van der Waals surface area (Å²) >= 11 is 5.72. The fourth-order valence-corrected chi connectivity index (χ4v) is 1.34. The zero-order valence-corrected chi connectivity index (χ0v) is 8.69. The van der Waals surface area contributed by atoms with E-state index in [2.05, 4.69) is 4.74 Å². The fraction of sp³-hybridized carbons (Fsp3) is 0.200. The number of rotatable bonds is 3. The standard InChI is InChI=1S/C10H9ClO4/c1-15-10(14)7-2-6(9(13)5-12)3-8(11)4-7/h2-5,9,13H,1H3. The van der Waals surface area contributed by atoms with Crippen LogP contribution < -0.4 is 0 Å². The van der Waals surface area contributed by atoms with Crippen LogP contribution in [-0.4, -0.2) is 24.5 Å². The van der Waals surface area contributed by atoms with Crippen molar-refractivity contribution in [2.45, 2.75) is 6.10 Å². The molecule has 80 valence electrons. The molecular formula is C10H9ClO4. The lowest BCUT2D eigenvalue weighted by atomic mass is 10.1. The number of aliphatic hydroxyl groups excluding tert-OH is 1. The first-order valence-electron chi connectivity index (χ1n) is 4.10. The van der Waals surface area contributed by atoms with Crippen LogP contribution in [0.2, 0.25) is 5.02 Å². The van der Waals surface area contributed by atoms with Crippen molar-refractivity contribution < 1.29 is 19.4 Å². The maximum Gasteiger partial charge on any atom is 0.337 e. The number of aldehydes is 1. The molecule has 0 aromatic heterocycles. The number of carbonyl (C=O) groups excluding carboxylic acids is 2. The Balaban J connectivity index is 3.15. The van der Waals surface area contributed by atoms with Crippen molar-refractivity contribution >= 4 is 23.9 Å². The predicted molar refractivity (Wildman–Crippen MR) is 53.8 cm³/mol. The molecule has 1 N–H and O–H groups in total. The van der Waals surface area contributed by atoms with E-state index in [-0.39, 0.29) is 16.1 Å². The molecule has 0 amide bonds. The summed E-state index contributed by atoms with van der Waals surface area (Å²) in [6.45, 7) is 0. The minimum Gasteiger partial charge on any atom is -0.465 e. The SMILES string of the molecule is COC(=O)c1cc(Cl)cc(C(O)C=O)c1. The van der Waals surface area contributed by atoms with E-state index >= 15 is 0 Å². The smallest absolute Gasteiger partial charge is 0.337 e. The van der Waals surface area contributed by atoms with Crippen LogP contribution >= 0.6 is 11.6 Å². The maximum absolute atomic E-state index is 11.2. The molecule has 5 heteroatoms. The van der Waals surface area contributed by atoms with Gasteiger partial charge in [-0.2, -0.15) is 0 Å². The molecule has 0 aliphatic rings. The van der Waals surface area contributed by atoms with Crippen LogP contribution in [0.3, 0.4) is 0 Å². The number of benzene rings is 1. The topological polar surface area (TPSA) is 63.6 Å². The number of carbonyl (C=O) groups is 2. The van der Waals surface area contributed by atoms with Crippen LogP contribution in [0.4, 0.5) is 0 Å². The number of hydrogen-bond acceptors (Lipinski definition) is 4. The molecule has 1 rings (SSSR count). The average molecular weight is 229 g/mol.